The van der Waals surface area contributed by atoms with E-state index in [0.717, 1.165) is 0 Å². The van der Waals surface area contributed by atoms with Crippen LogP contribution in [0.5, 0.6) is 0 Å². The van der Waals surface area contributed by atoms with Gasteiger partial charge in [-0.15, -0.1) is 0 Å². The van der Waals surface area contributed by atoms with E-state index in [4.69, 9.17) is 16.9 Å². The Bertz CT molecular complexity index is 238. The number of hydrogen-bond donors (Lipinski definition) is 0. The lowest BCUT2D eigenvalue weighted by Crippen LogP contribution is -1.70. The molecule has 58 valence electrons. The van der Waals surface area contributed by atoms with E-state index < -0.39 is 0 Å². The van der Waals surface area contributed by atoms with Gasteiger partial charge in [-0.25, -0.2) is 9.65 Å². The maximum Gasteiger partial charge on any atom is 0.141 e. The number of thiocyanates is 1. The third-order valence-corrected chi connectivity index (χ3v) is 1.13. The molecule has 1 nitrogen and oxygen atoms in total. The minimum atomic E-state index is -0.367. The summed E-state index contributed by atoms with van der Waals surface area (Å²) in [5, 5.41) is 8.64. The fraction of sp³-hybridized carbons (Fsp3) is 0. The van der Waals surface area contributed by atoms with Gasteiger partial charge in [0.05, 0.1) is 5.02 Å². The van der Waals surface area contributed by atoms with E-state index in [1.54, 1.807) is 12.1 Å². The van der Waals surface area contributed by atoms with E-state index in [1.807, 2.05) is 0 Å². The van der Waals surface area contributed by atoms with E-state index in [1.165, 1.54) is 17.5 Å². The second kappa shape index (κ2) is 5.90. The highest BCUT2D eigenvalue weighted by atomic mass is 35.5. The fourth-order valence-corrected chi connectivity index (χ4v) is 0.575. The quantitative estimate of drug-likeness (QED) is 0.462. The summed E-state index contributed by atoms with van der Waals surface area (Å²) in [6, 6.07) is 6.12. The fourth-order valence-electron chi connectivity index (χ4n) is 0.439. The zero-order valence-corrected chi connectivity index (χ0v) is 6.99. The molecule has 1 aromatic rings. The smallest absolute Gasteiger partial charge is 0.141 e. The lowest BCUT2D eigenvalue weighted by atomic mass is 10.4. The van der Waals surface area contributed by atoms with Gasteiger partial charge in [0.2, 0.25) is 0 Å². The molecule has 1 rings (SSSR count). The normalized spacial score (nSPS) is 7.36. The maximum atomic E-state index is 12.2. The number of hydrogen-bond acceptors (Lipinski definition) is 2. The summed E-state index contributed by atoms with van der Waals surface area (Å²) in [6.07, 6.45) is 0. The summed E-state index contributed by atoms with van der Waals surface area (Å²) in [6.45, 7) is 0. The molecule has 0 aliphatic carbocycles. The number of benzene rings is 1. The van der Waals surface area contributed by atoms with Crippen molar-refractivity contribution in [3.05, 3.63) is 35.1 Å². The van der Waals surface area contributed by atoms with Crippen molar-refractivity contribution < 1.29 is 4.39 Å². The van der Waals surface area contributed by atoms with Crippen LogP contribution in [0.25, 0.3) is 0 Å². The van der Waals surface area contributed by atoms with Gasteiger partial charge in [-0.2, -0.15) is 0 Å². The topological polar surface area (TPSA) is 23.8 Å². The van der Waals surface area contributed by atoms with Gasteiger partial charge < -0.3 is 12.6 Å². The van der Waals surface area contributed by atoms with Gasteiger partial charge in [0, 0.05) is 0 Å². The van der Waals surface area contributed by atoms with Crippen molar-refractivity contribution in [2.45, 2.75) is 0 Å². The molecule has 0 aromatic heterocycles. The first-order chi connectivity index (χ1) is 5.22. The Morgan fingerprint density at radius 2 is 1.91 bits per heavy atom. The first kappa shape index (κ1) is 10.2. The van der Waals surface area contributed by atoms with Crippen LogP contribution in [0.2, 0.25) is 5.02 Å². The summed E-state index contributed by atoms with van der Waals surface area (Å²) in [5.41, 5.74) is 0. The monoisotopic (exact) mass is 188 g/mol. The standard InChI is InChI=1S/C6H4ClF.CHNS/c7-5-3-1-2-4-6(5)8;2-1-3/h1-4H;3H/p-1. The van der Waals surface area contributed by atoms with Crippen molar-refractivity contribution in [2.75, 3.05) is 0 Å². The highest BCUT2D eigenvalue weighted by Gasteiger charge is 1.91. The van der Waals surface area contributed by atoms with E-state index in [0.29, 0.717) is 0 Å². The molecule has 0 aliphatic heterocycles. The van der Waals surface area contributed by atoms with Crippen LogP contribution in [0.1, 0.15) is 0 Å². The molecule has 0 radical (unpaired) electrons. The van der Waals surface area contributed by atoms with Gasteiger partial charge in [0.25, 0.3) is 0 Å². The van der Waals surface area contributed by atoms with Crippen molar-refractivity contribution in [3.63, 3.8) is 0 Å². The molecule has 0 unspecified atom stereocenters. The zero-order valence-electron chi connectivity index (χ0n) is 5.42. The average molecular weight is 189 g/mol. The van der Waals surface area contributed by atoms with Crippen LogP contribution in [0.4, 0.5) is 4.39 Å². The predicted molar refractivity (Wildman–Crippen MR) is 44.4 cm³/mol. The number of nitrogens with zero attached hydrogens (tertiary/aromatic N) is 1. The maximum absolute atomic E-state index is 12.2. The van der Waals surface area contributed by atoms with E-state index in [-0.39, 0.29) is 10.8 Å². The predicted octanol–water partition coefficient (Wildman–Crippen LogP) is 2.49. The Morgan fingerprint density at radius 3 is 2.18 bits per heavy atom. The van der Waals surface area contributed by atoms with Crippen LogP contribution in [0, 0.1) is 16.5 Å². The van der Waals surface area contributed by atoms with Crippen LogP contribution < -0.4 is 0 Å². The van der Waals surface area contributed by atoms with Crippen LogP contribution >= 0.6 is 11.6 Å². The van der Waals surface area contributed by atoms with Crippen LogP contribution in [-0.2, 0) is 12.6 Å². The molecule has 0 amide bonds. The Kier molecular flexibility index (Phi) is 5.44. The van der Waals surface area contributed by atoms with Gasteiger partial charge in [0.1, 0.15) is 5.82 Å². The highest BCUT2D eigenvalue weighted by Crippen LogP contribution is 2.11. The van der Waals surface area contributed by atoms with Gasteiger partial charge in [-0.3, -0.25) is 0 Å². The largest absolute Gasteiger partial charge is 0.696 e. The number of rotatable bonds is 0. The van der Waals surface area contributed by atoms with Crippen molar-refractivity contribution in [1.29, 1.82) is 5.26 Å². The Hall–Kier alpha value is -0.850. The molecular weight excluding hydrogens is 185 g/mol. The molecule has 1 aromatic carbocycles. The molecule has 0 spiro atoms. The molecule has 0 heterocycles. The van der Waals surface area contributed by atoms with Crippen molar-refractivity contribution in [3.8, 4) is 5.40 Å². The molecule has 0 N–H and O–H groups in total. The average Bonchev–Trinajstić information content (AvgIpc) is 1.97. The van der Waals surface area contributed by atoms with Crippen LogP contribution in [0.3, 0.4) is 0 Å². The minimum absolute atomic E-state index is 0.174. The van der Waals surface area contributed by atoms with Crippen molar-refractivity contribution in [1.82, 2.24) is 0 Å². The van der Waals surface area contributed by atoms with Gasteiger partial charge >= 0.3 is 0 Å². The van der Waals surface area contributed by atoms with E-state index in [2.05, 4.69) is 12.6 Å². The summed E-state index contributed by atoms with van der Waals surface area (Å²) in [7, 11) is 0. The van der Waals surface area contributed by atoms with Gasteiger partial charge in [-0.05, 0) is 12.1 Å². The SMILES string of the molecule is Fc1ccccc1Cl.N#C[S-]. The summed E-state index contributed by atoms with van der Waals surface area (Å²) >= 11 is 9.03. The Balaban J connectivity index is 0.000000292. The highest BCUT2D eigenvalue weighted by molar-refractivity contribution is 7.64. The number of halogens is 2. The second-order valence-electron chi connectivity index (χ2n) is 1.51. The molecule has 0 saturated heterocycles. The molecular formula is C7H4ClFNS-. The first-order valence-corrected chi connectivity index (χ1v) is 3.42. The van der Waals surface area contributed by atoms with Crippen LogP contribution in [0.15, 0.2) is 24.3 Å². The second-order valence-corrected chi connectivity index (χ2v) is 2.10. The molecule has 0 aliphatic rings. The minimum Gasteiger partial charge on any atom is -0.696 e. The lowest BCUT2D eigenvalue weighted by Gasteiger charge is -1.86. The van der Waals surface area contributed by atoms with E-state index in [9.17, 15) is 4.39 Å². The summed E-state index contributed by atoms with van der Waals surface area (Å²) in [5.74, 6) is -0.367. The molecule has 4 heteroatoms. The molecule has 0 fully saturated rings. The van der Waals surface area contributed by atoms with Gasteiger partial charge in [-0.1, -0.05) is 29.1 Å². The van der Waals surface area contributed by atoms with E-state index >= 15 is 0 Å². The molecule has 0 bridgehead atoms. The summed E-state index contributed by atoms with van der Waals surface area (Å²) in [4.78, 5) is 0. The van der Waals surface area contributed by atoms with Gasteiger partial charge in [0.15, 0.2) is 0 Å². The molecule has 0 atom stereocenters. The summed E-state index contributed by atoms with van der Waals surface area (Å²) < 4.78 is 12.2. The number of nitriles is 1. The Labute approximate surface area is 74.8 Å². The van der Waals surface area contributed by atoms with Crippen molar-refractivity contribution in [2.24, 2.45) is 0 Å². The first-order valence-electron chi connectivity index (χ1n) is 2.63. The van der Waals surface area contributed by atoms with Crippen molar-refractivity contribution >= 4 is 24.2 Å². The zero-order chi connectivity index (χ0) is 8.69. The Morgan fingerprint density at radius 1 is 1.45 bits per heavy atom. The third-order valence-electron chi connectivity index (χ3n) is 0.824. The molecule has 11 heavy (non-hydrogen) atoms. The molecule has 0 saturated carbocycles. The third kappa shape index (κ3) is 4.54. The lowest BCUT2D eigenvalue weighted by molar-refractivity contribution is 0.628. The van der Waals surface area contributed by atoms with Crippen LogP contribution in [-0.4, -0.2) is 0 Å².